The fraction of sp³-hybridized carbons (Fsp3) is 0.0769. The van der Waals surface area contributed by atoms with Gasteiger partial charge in [0.1, 0.15) is 0 Å². The first-order valence-corrected chi connectivity index (χ1v) is 5.83. The zero-order valence-corrected chi connectivity index (χ0v) is 10.6. The highest BCUT2D eigenvalue weighted by Gasteiger charge is 2.00. The van der Waals surface area contributed by atoms with Crippen molar-refractivity contribution in [1.29, 1.82) is 0 Å². The van der Waals surface area contributed by atoms with Crippen LogP contribution in [0.25, 0.3) is 0 Å². The molecule has 0 heterocycles. The standard InChI is InChI=1S/C13H13BrN2/c1-9-2-5-11(6-3-9)16-13-8-10(14)4-7-12(13)15/h2-8,16H,15H2,1H3. The van der Waals surface area contributed by atoms with E-state index in [1.54, 1.807) is 0 Å². The number of benzene rings is 2. The van der Waals surface area contributed by atoms with E-state index in [1.807, 2.05) is 30.3 Å². The topological polar surface area (TPSA) is 38.0 Å². The van der Waals surface area contributed by atoms with Crippen LogP contribution < -0.4 is 11.1 Å². The lowest BCUT2D eigenvalue weighted by atomic mass is 10.2. The quantitative estimate of drug-likeness (QED) is 0.811. The van der Waals surface area contributed by atoms with Crippen LogP contribution >= 0.6 is 15.9 Å². The summed E-state index contributed by atoms with van der Waals surface area (Å²) in [7, 11) is 0. The molecule has 0 radical (unpaired) electrons. The van der Waals surface area contributed by atoms with Gasteiger partial charge in [0.05, 0.1) is 11.4 Å². The number of hydrogen-bond acceptors (Lipinski definition) is 2. The Labute approximate surface area is 104 Å². The van der Waals surface area contributed by atoms with E-state index in [9.17, 15) is 0 Å². The average Bonchev–Trinajstić information content (AvgIpc) is 2.27. The highest BCUT2D eigenvalue weighted by molar-refractivity contribution is 9.10. The predicted molar refractivity (Wildman–Crippen MR) is 73.0 cm³/mol. The number of rotatable bonds is 2. The molecule has 82 valence electrons. The van der Waals surface area contributed by atoms with Crippen molar-refractivity contribution in [3.8, 4) is 0 Å². The summed E-state index contributed by atoms with van der Waals surface area (Å²) >= 11 is 3.43. The molecule has 0 aliphatic heterocycles. The first kappa shape index (κ1) is 11.0. The molecule has 2 aromatic carbocycles. The van der Waals surface area contributed by atoms with Crippen molar-refractivity contribution in [2.75, 3.05) is 11.1 Å². The van der Waals surface area contributed by atoms with Crippen molar-refractivity contribution in [3.05, 3.63) is 52.5 Å². The lowest BCUT2D eigenvalue weighted by Gasteiger charge is -2.09. The summed E-state index contributed by atoms with van der Waals surface area (Å²) in [6.07, 6.45) is 0. The van der Waals surface area contributed by atoms with Gasteiger partial charge in [0.2, 0.25) is 0 Å². The minimum atomic E-state index is 0.740. The van der Waals surface area contributed by atoms with Crippen LogP contribution in [0.5, 0.6) is 0 Å². The minimum Gasteiger partial charge on any atom is -0.397 e. The molecule has 0 spiro atoms. The molecule has 0 atom stereocenters. The Balaban J connectivity index is 2.26. The molecule has 0 unspecified atom stereocenters. The second kappa shape index (κ2) is 4.58. The highest BCUT2D eigenvalue weighted by atomic mass is 79.9. The number of halogens is 1. The molecule has 3 N–H and O–H groups in total. The van der Waals surface area contributed by atoms with Crippen LogP contribution in [0, 0.1) is 6.92 Å². The third-order valence-corrected chi connectivity index (χ3v) is 2.84. The third kappa shape index (κ3) is 2.55. The van der Waals surface area contributed by atoms with Crippen LogP contribution in [0.15, 0.2) is 46.9 Å². The average molecular weight is 277 g/mol. The fourth-order valence-corrected chi connectivity index (χ4v) is 1.79. The molecule has 3 heteroatoms. The zero-order valence-electron chi connectivity index (χ0n) is 9.00. The maximum atomic E-state index is 5.88. The van der Waals surface area contributed by atoms with E-state index >= 15 is 0 Å². The van der Waals surface area contributed by atoms with Gasteiger partial charge in [-0.15, -0.1) is 0 Å². The lowest BCUT2D eigenvalue weighted by Crippen LogP contribution is -1.96. The van der Waals surface area contributed by atoms with E-state index in [2.05, 4.69) is 40.3 Å². The molecular formula is C13H13BrN2. The minimum absolute atomic E-state index is 0.740. The van der Waals surface area contributed by atoms with Crippen molar-refractivity contribution >= 4 is 33.0 Å². The second-order valence-corrected chi connectivity index (χ2v) is 4.64. The number of nitrogen functional groups attached to an aromatic ring is 1. The van der Waals surface area contributed by atoms with E-state index in [4.69, 9.17) is 5.73 Å². The van der Waals surface area contributed by atoms with Gasteiger partial charge in [-0.05, 0) is 37.3 Å². The van der Waals surface area contributed by atoms with Crippen LogP contribution in [0.1, 0.15) is 5.56 Å². The Morgan fingerprint density at radius 2 is 1.75 bits per heavy atom. The summed E-state index contributed by atoms with van der Waals surface area (Å²) < 4.78 is 1.01. The van der Waals surface area contributed by atoms with Crippen LogP contribution in [0.4, 0.5) is 17.1 Å². The number of aryl methyl sites for hydroxylation is 1. The molecule has 2 aromatic rings. The van der Waals surface area contributed by atoms with Crippen molar-refractivity contribution in [2.45, 2.75) is 6.92 Å². The van der Waals surface area contributed by atoms with Gasteiger partial charge in [-0.1, -0.05) is 33.6 Å². The SMILES string of the molecule is Cc1ccc(Nc2cc(Br)ccc2N)cc1. The summed E-state index contributed by atoms with van der Waals surface area (Å²) in [5, 5.41) is 3.29. The van der Waals surface area contributed by atoms with Gasteiger partial charge in [-0.3, -0.25) is 0 Å². The number of nitrogens with one attached hydrogen (secondary N) is 1. The lowest BCUT2D eigenvalue weighted by molar-refractivity contribution is 1.45. The van der Waals surface area contributed by atoms with Crippen LogP contribution in [-0.4, -0.2) is 0 Å². The maximum Gasteiger partial charge on any atom is 0.0629 e. The Kier molecular flexibility index (Phi) is 3.15. The van der Waals surface area contributed by atoms with Crippen LogP contribution in [0.3, 0.4) is 0 Å². The van der Waals surface area contributed by atoms with E-state index < -0.39 is 0 Å². The largest absolute Gasteiger partial charge is 0.397 e. The first-order valence-electron chi connectivity index (χ1n) is 5.04. The van der Waals surface area contributed by atoms with Gasteiger partial charge in [0, 0.05) is 10.2 Å². The van der Waals surface area contributed by atoms with Crippen LogP contribution in [-0.2, 0) is 0 Å². The molecule has 0 saturated heterocycles. The van der Waals surface area contributed by atoms with Gasteiger partial charge in [-0.2, -0.15) is 0 Å². The van der Waals surface area contributed by atoms with Crippen molar-refractivity contribution in [3.63, 3.8) is 0 Å². The molecule has 0 aliphatic carbocycles. The summed E-state index contributed by atoms with van der Waals surface area (Å²) in [6, 6.07) is 14.0. The first-order chi connectivity index (χ1) is 7.65. The van der Waals surface area contributed by atoms with Crippen molar-refractivity contribution in [2.24, 2.45) is 0 Å². The van der Waals surface area contributed by atoms with Gasteiger partial charge in [-0.25, -0.2) is 0 Å². The van der Waals surface area contributed by atoms with Gasteiger partial charge >= 0.3 is 0 Å². The summed E-state index contributed by atoms with van der Waals surface area (Å²) in [6.45, 7) is 2.07. The Morgan fingerprint density at radius 1 is 1.06 bits per heavy atom. The number of nitrogens with two attached hydrogens (primary N) is 1. The van der Waals surface area contributed by atoms with E-state index in [0.717, 1.165) is 21.5 Å². The van der Waals surface area contributed by atoms with Crippen LogP contribution in [0.2, 0.25) is 0 Å². The number of hydrogen-bond donors (Lipinski definition) is 2. The predicted octanol–water partition coefficient (Wildman–Crippen LogP) is 4.08. The molecular weight excluding hydrogens is 264 g/mol. The zero-order chi connectivity index (χ0) is 11.5. The van der Waals surface area contributed by atoms with Crippen molar-refractivity contribution < 1.29 is 0 Å². The third-order valence-electron chi connectivity index (χ3n) is 2.35. The van der Waals surface area contributed by atoms with Gasteiger partial charge in [0.15, 0.2) is 0 Å². The maximum absolute atomic E-state index is 5.88. The molecule has 0 saturated carbocycles. The molecule has 0 amide bonds. The van der Waals surface area contributed by atoms with Gasteiger partial charge in [0.25, 0.3) is 0 Å². The number of anilines is 3. The Morgan fingerprint density at radius 3 is 2.44 bits per heavy atom. The van der Waals surface area contributed by atoms with E-state index in [-0.39, 0.29) is 0 Å². The van der Waals surface area contributed by atoms with Gasteiger partial charge < -0.3 is 11.1 Å². The van der Waals surface area contributed by atoms with Crippen molar-refractivity contribution in [1.82, 2.24) is 0 Å². The molecule has 0 aromatic heterocycles. The molecule has 0 aliphatic rings. The Bertz CT molecular complexity index is 492. The van der Waals surface area contributed by atoms with E-state index in [1.165, 1.54) is 5.56 Å². The second-order valence-electron chi connectivity index (χ2n) is 3.72. The highest BCUT2D eigenvalue weighted by Crippen LogP contribution is 2.26. The normalized spacial score (nSPS) is 10.1. The molecule has 0 fully saturated rings. The smallest absolute Gasteiger partial charge is 0.0629 e. The molecule has 16 heavy (non-hydrogen) atoms. The Hall–Kier alpha value is -1.48. The fourth-order valence-electron chi connectivity index (χ4n) is 1.43. The summed E-state index contributed by atoms with van der Waals surface area (Å²) in [4.78, 5) is 0. The molecule has 0 bridgehead atoms. The molecule has 2 rings (SSSR count). The van der Waals surface area contributed by atoms with E-state index in [0.29, 0.717) is 0 Å². The molecule has 2 nitrogen and oxygen atoms in total. The summed E-state index contributed by atoms with van der Waals surface area (Å²) in [5.41, 5.74) is 9.82. The summed E-state index contributed by atoms with van der Waals surface area (Å²) in [5.74, 6) is 0. The monoisotopic (exact) mass is 276 g/mol.